The monoisotopic (exact) mass is 141 g/mol. The molecule has 0 bridgehead atoms. The summed E-state index contributed by atoms with van der Waals surface area (Å²) in [5.41, 5.74) is 2.91. The minimum Gasteiger partial charge on any atom is -0.381 e. The molecule has 0 aliphatic heterocycles. The topological polar surface area (TPSA) is 3.24 Å². The number of hydrogen-bond acceptors (Lipinski definition) is 1. The van der Waals surface area contributed by atoms with Crippen LogP contribution in [0.3, 0.4) is 0 Å². The summed E-state index contributed by atoms with van der Waals surface area (Å²) in [5, 5.41) is 0. The van der Waals surface area contributed by atoms with Crippen LogP contribution in [-0.4, -0.2) is 19.0 Å². The highest BCUT2D eigenvalue weighted by atomic mass is 15.1. The summed E-state index contributed by atoms with van der Waals surface area (Å²) in [7, 11) is 4.22. The van der Waals surface area contributed by atoms with Crippen molar-refractivity contribution >= 4 is 0 Å². The first-order valence-corrected chi connectivity index (χ1v) is 3.93. The van der Waals surface area contributed by atoms with E-state index in [9.17, 15) is 0 Å². The summed E-state index contributed by atoms with van der Waals surface area (Å²) in [4.78, 5) is 2.21. The van der Waals surface area contributed by atoms with E-state index in [1.54, 1.807) is 0 Å². The van der Waals surface area contributed by atoms with Gasteiger partial charge in [0.25, 0.3) is 0 Å². The van der Waals surface area contributed by atoms with Gasteiger partial charge in [0, 0.05) is 19.8 Å². The van der Waals surface area contributed by atoms with Crippen molar-refractivity contribution in [3.05, 3.63) is 11.3 Å². The van der Waals surface area contributed by atoms with E-state index in [0.29, 0.717) is 0 Å². The third-order valence-electron chi connectivity index (χ3n) is 1.60. The molecule has 0 radical (unpaired) electrons. The maximum atomic E-state index is 2.21. The van der Waals surface area contributed by atoms with Gasteiger partial charge in [-0.15, -0.1) is 0 Å². The molecule has 60 valence electrons. The molecule has 0 N–H and O–H groups in total. The van der Waals surface area contributed by atoms with Gasteiger partial charge >= 0.3 is 0 Å². The first-order chi connectivity index (χ1) is 4.59. The fraction of sp³-hybridized carbons (Fsp3) is 0.778. The van der Waals surface area contributed by atoms with E-state index in [1.165, 1.54) is 24.1 Å². The van der Waals surface area contributed by atoms with Crippen molar-refractivity contribution in [1.82, 2.24) is 4.90 Å². The Morgan fingerprint density at radius 3 is 1.80 bits per heavy atom. The lowest BCUT2D eigenvalue weighted by atomic mass is 10.1. The molecule has 0 saturated heterocycles. The van der Waals surface area contributed by atoms with Crippen molar-refractivity contribution < 1.29 is 0 Å². The molecule has 10 heavy (non-hydrogen) atoms. The quantitative estimate of drug-likeness (QED) is 0.584. The van der Waals surface area contributed by atoms with Crippen molar-refractivity contribution in [3.63, 3.8) is 0 Å². The summed E-state index contributed by atoms with van der Waals surface area (Å²) >= 11 is 0. The highest BCUT2D eigenvalue weighted by Crippen LogP contribution is 2.11. The van der Waals surface area contributed by atoms with Crippen LogP contribution in [0.1, 0.15) is 33.6 Å². The maximum Gasteiger partial charge on any atom is 0.0114 e. The first-order valence-electron chi connectivity index (χ1n) is 3.93. The summed E-state index contributed by atoms with van der Waals surface area (Å²) in [6, 6.07) is 0. The van der Waals surface area contributed by atoms with E-state index >= 15 is 0 Å². The van der Waals surface area contributed by atoms with E-state index in [4.69, 9.17) is 0 Å². The van der Waals surface area contributed by atoms with Gasteiger partial charge < -0.3 is 4.90 Å². The molecular weight excluding hydrogens is 122 g/mol. The largest absolute Gasteiger partial charge is 0.381 e. The lowest BCUT2D eigenvalue weighted by Gasteiger charge is -2.18. The Balaban J connectivity index is 4.13. The SMILES string of the molecule is CCCC(=C(C)C)N(C)C. The Labute approximate surface area is 64.7 Å². The van der Waals surface area contributed by atoms with E-state index in [2.05, 4.69) is 39.8 Å². The van der Waals surface area contributed by atoms with Gasteiger partial charge in [-0.3, -0.25) is 0 Å². The number of allylic oxidation sites excluding steroid dienone is 2. The van der Waals surface area contributed by atoms with Gasteiger partial charge in [0.2, 0.25) is 0 Å². The van der Waals surface area contributed by atoms with Gasteiger partial charge in [-0.1, -0.05) is 18.9 Å². The smallest absolute Gasteiger partial charge is 0.0114 e. The average molecular weight is 141 g/mol. The van der Waals surface area contributed by atoms with Crippen molar-refractivity contribution in [3.8, 4) is 0 Å². The van der Waals surface area contributed by atoms with Crippen LogP contribution in [-0.2, 0) is 0 Å². The summed E-state index contributed by atoms with van der Waals surface area (Å²) in [6.07, 6.45) is 2.44. The van der Waals surface area contributed by atoms with Gasteiger partial charge in [0.05, 0.1) is 0 Å². The molecule has 0 spiro atoms. The van der Waals surface area contributed by atoms with Crippen molar-refractivity contribution in [1.29, 1.82) is 0 Å². The third kappa shape index (κ3) is 2.90. The average Bonchev–Trinajstić information content (AvgIpc) is 1.81. The van der Waals surface area contributed by atoms with E-state index in [1.807, 2.05) is 0 Å². The van der Waals surface area contributed by atoms with E-state index in [-0.39, 0.29) is 0 Å². The van der Waals surface area contributed by atoms with Crippen LogP contribution in [0, 0.1) is 0 Å². The normalized spacial score (nSPS) is 9.30. The molecule has 0 aromatic rings. The molecule has 0 aliphatic carbocycles. The molecule has 0 saturated carbocycles. The molecule has 0 heterocycles. The number of hydrogen-bond donors (Lipinski definition) is 0. The van der Waals surface area contributed by atoms with Crippen molar-refractivity contribution in [2.45, 2.75) is 33.6 Å². The van der Waals surface area contributed by atoms with Gasteiger partial charge in [-0.05, 0) is 20.3 Å². The third-order valence-corrected chi connectivity index (χ3v) is 1.60. The van der Waals surface area contributed by atoms with Crippen LogP contribution >= 0.6 is 0 Å². The Kier molecular flexibility index (Phi) is 4.17. The van der Waals surface area contributed by atoms with Crippen LogP contribution in [0.25, 0.3) is 0 Å². The van der Waals surface area contributed by atoms with Crippen LogP contribution in [0.5, 0.6) is 0 Å². The van der Waals surface area contributed by atoms with Crippen LogP contribution in [0.2, 0.25) is 0 Å². The zero-order valence-electron chi connectivity index (χ0n) is 7.86. The Morgan fingerprint density at radius 1 is 1.20 bits per heavy atom. The van der Waals surface area contributed by atoms with Crippen LogP contribution < -0.4 is 0 Å². The van der Waals surface area contributed by atoms with Gasteiger partial charge in [0.15, 0.2) is 0 Å². The Bertz CT molecular complexity index is 119. The lowest BCUT2D eigenvalue weighted by Crippen LogP contribution is -2.12. The summed E-state index contributed by atoms with van der Waals surface area (Å²) in [6.45, 7) is 6.56. The fourth-order valence-electron chi connectivity index (χ4n) is 1.16. The second-order valence-corrected chi connectivity index (χ2v) is 3.09. The molecule has 0 aliphatic rings. The molecule has 0 rings (SSSR count). The van der Waals surface area contributed by atoms with Crippen molar-refractivity contribution in [2.75, 3.05) is 14.1 Å². The zero-order valence-corrected chi connectivity index (χ0v) is 7.86. The summed E-state index contributed by atoms with van der Waals surface area (Å²) in [5.74, 6) is 0. The molecule has 0 atom stereocenters. The Hall–Kier alpha value is -0.460. The molecule has 1 heteroatoms. The fourth-order valence-corrected chi connectivity index (χ4v) is 1.16. The van der Waals surface area contributed by atoms with Gasteiger partial charge in [0.1, 0.15) is 0 Å². The predicted molar refractivity (Wildman–Crippen MR) is 47.0 cm³/mol. The number of rotatable bonds is 3. The maximum absolute atomic E-state index is 2.21. The molecule has 0 aromatic heterocycles. The summed E-state index contributed by atoms with van der Waals surface area (Å²) < 4.78 is 0. The van der Waals surface area contributed by atoms with Gasteiger partial charge in [-0.2, -0.15) is 0 Å². The molecular formula is C9H19N. The van der Waals surface area contributed by atoms with Crippen LogP contribution in [0.4, 0.5) is 0 Å². The predicted octanol–water partition coefficient (Wildman–Crippen LogP) is 2.64. The molecule has 1 nitrogen and oxygen atoms in total. The molecule has 0 aromatic carbocycles. The second-order valence-electron chi connectivity index (χ2n) is 3.09. The van der Waals surface area contributed by atoms with Gasteiger partial charge in [-0.25, -0.2) is 0 Å². The Morgan fingerprint density at radius 2 is 1.70 bits per heavy atom. The molecule has 0 amide bonds. The highest BCUT2D eigenvalue weighted by Gasteiger charge is 1.98. The first kappa shape index (κ1) is 9.54. The standard InChI is InChI=1S/C9H19N/c1-6-7-9(8(2)3)10(4)5/h6-7H2,1-5H3. The lowest BCUT2D eigenvalue weighted by molar-refractivity contribution is 0.477. The van der Waals surface area contributed by atoms with Crippen LogP contribution in [0.15, 0.2) is 11.3 Å². The van der Waals surface area contributed by atoms with E-state index in [0.717, 1.165) is 0 Å². The minimum absolute atomic E-state index is 1.20. The molecule has 0 unspecified atom stereocenters. The van der Waals surface area contributed by atoms with E-state index < -0.39 is 0 Å². The minimum atomic E-state index is 1.20. The molecule has 0 fully saturated rings. The number of nitrogens with zero attached hydrogens (tertiary/aromatic N) is 1. The zero-order chi connectivity index (χ0) is 8.15. The highest BCUT2D eigenvalue weighted by molar-refractivity contribution is 5.07. The second kappa shape index (κ2) is 4.37. The van der Waals surface area contributed by atoms with Crippen molar-refractivity contribution in [2.24, 2.45) is 0 Å².